The molecule has 0 radical (unpaired) electrons. The Morgan fingerprint density at radius 1 is 1.22 bits per heavy atom. The number of hydrogen-bond acceptors (Lipinski definition) is 3. The molecule has 0 aromatic heterocycles. The average Bonchev–Trinajstić information content (AvgIpc) is 2.85. The van der Waals surface area contributed by atoms with Crippen LogP contribution >= 0.6 is 23.8 Å². The van der Waals surface area contributed by atoms with E-state index in [-0.39, 0.29) is 28.2 Å². The molecule has 0 saturated carbocycles. The number of thiocarbonyl (C=S) groups is 1. The third-order valence-electron chi connectivity index (χ3n) is 4.01. The van der Waals surface area contributed by atoms with Crippen molar-refractivity contribution in [3.8, 4) is 5.75 Å². The molecule has 1 aliphatic carbocycles. The molecule has 1 aliphatic heterocycles. The number of rotatable bonds is 1. The molecule has 2 aliphatic rings. The third-order valence-corrected chi connectivity index (χ3v) is 4.54. The summed E-state index contributed by atoms with van der Waals surface area (Å²) >= 11 is 11.5. The number of phenols is 1. The predicted octanol–water partition coefficient (Wildman–Crippen LogP) is 3.17. The highest BCUT2D eigenvalue weighted by Gasteiger charge is 2.40. The number of benzene rings is 2. The highest BCUT2D eigenvalue weighted by atomic mass is 35.5. The van der Waals surface area contributed by atoms with Crippen LogP contribution in [0.2, 0.25) is 5.02 Å². The maximum absolute atomic E-state index is 12.9. The summed E-state index contributed by atoms with van der Waals surface area (Å²) in [5, 5.41) is 16.7. The Kier molecular flexibility index (Phi) is 2.89. The Morgan fingerprint density at radius 3 is 2.74 bits per heavy atom. The third kappa shape index (κ3) is 2.04. The minimum Gasteiger partial charge on any atom is -0.508 e. The number of phenolic OH excluding ortho intramolecular Hbond substituents is 1. The summed E-state index contributed by atoms with van der Waals surface area (Å²) < 4.78 is 7.87. The van der Waals surface area contributed by atoms with E-state index < -0.39 is 6.04 Å². The van der Waals surface area contributed by atoms with E-state index in [2.05, 4.69) is 10.6 Å². The predicted molar refractivity (Wildman–Crippen MR) is 92.4 cm³/mol. The van der Waals surface area contributed by atoms with Gasteiger partial charge >= 0.3 is 0 Å². The van der Waals surface area contributed by atoms with Crippen molar-refractivity contribution in [1.29, 1.82) is 0 Å². The van der Waals surface area contributed by atoms with Crippen molar-refractivity contribution in [2.75, 3.05) is 0 Å². The van der Waals surface area contributed by atoms with Gasteiger partial charge in [0, 0.05) is 21.7 Å². The standard InChI is InChI=1S/C17H11ClN2O2S/c18-10-6-3-7-11(21)12(10)15-13-14(19-17(23)20-15)8-4-1-2-5-9(8)16(13)22/h1-7,15,21H,(H2,19,20,23)/i6T. The van der Waals surface area contributed by atoms with Crippen LogP contribution in [0.25, 0.3) is 5.70 Å². The van der Waals surface area contributed by atoms with Crippen molar-refractivity contribution >= 4 is 40.4 Å². The van der Waals surface area contributed by atoms with Crippen molar-refractivity contribution in [1.82, 2.24) is 10.6 Å². The van der Waals surface area contributed by atoms with Crippen LogP contribution in [0, 0.1) is 0 Å². The molecule has 2 aromatic rings. The quantitative estimate of drug-likeness (QED) is 0.694. The van der Waals surface area contributed by atoms with Crippen LogP contribution in [-0.2, 0) is 0 Å². The molecule has 1 unspecified atom stereocenters. The van der Waals surface area contributed by atoms with Gasteiger partial charge in [-0.05, 0) is 24.3 Å². The van der Waals surface area contributed by atoms with Crippen molar-refractivity contribution < 1.29 is 11.3 Å². The fourth-order valence-electron chi connectivity index (χ4n) is 3.03. The maximum atomic E-state index is 12.9. The Bertz CT molecular complexity index is 958. The van der Waals surface area contributed by atoms with Crippen LogP contribution in [0.3, 0.4) is 0 Å². The Balaban J connectivity index is 1.96. The van der Waals surface area contributed by atoms with Gasteiger partial charge in [0.25, 0.3) is 0 Å². The maximum Gasteiger partial charge on any atom is 0.194 e. The summed E-state index contributed by atoms with van der Waals surface area (Å²) in [4.78, 5) is 12.9. The lowest BCUT2D eigenvalue weighted by Crippen LogP contribution is -2.43. The second-order valence-electron chi connectivity index (χ2n) is 5.29. The van der Waals surface area contributed by atoms with Crippen LogP contribution in [0.4, 0.5) is 0 Å². The molecule has 0 fully saturated rings. The zero-order valence-electron chi connectivity index (χ0n) is 12.7. The molecule has 3 N–H and O–H groups in total. The fraction of sp³-hybridized carbons (Fsp3) is 0.0588. The van der Waals surface area contributed by atoms with E-state index in [9.17, 15) is 9.90 Å². The van der Waals surface area contributed by atoms with Crippen LogP contribution in [0.1, 0.15) is 28.9 Å². The summed E-state index contributed by atoms with van der Waals surface area (Å²) in [7, 11) is 0. The van der Waals surface area contributed by atoms with Gasteiger partial charge in [0.05, 0.1) is 18.7 Å². The van der Waals surface area contributed by atoms with E-state index in [1.807, 2.05) is 12.1 Å². The molecule has 114 valence electrons. The highest BCUT2D eigenvalue weighted by molar-refractivity contribution is 7.80. The SMILES string of the molecule is [3H]c1ccc(O)c(C2NC(=S)NC3=C2C(=O)c2ccccc23)c1Cl. The van der Waals surface area contributed by atoms with Crippen LogP contribution in [0.15, 0.2) is 48.0 Å². The molecular formula is C17H11ClN2O2S. The van der Waals surface area contributed by atoms with Crippen molar-refractivity contribution in [3.05, 3.63) is 69.7 Å². The van der Waals surface area contributed by atoms with Crippen LogP contribution in [-0.4, -0.2) is 16.0 Å². The van der Waals surface area contributed by atoms with Gasteiger partial charge in [-0.15, -0.1) is 0 Å². The van der Waals surface area contributed by atoms with Gasteiger partial charge in [-0.1, -0.05) is 41.9 Å². The molecule has 0 amide bonds. The number of halogens is 1. The normalized spacial score (nSPS) is 19.7. The average molecular weight is 345 g/mol. The van der Waals surface area contributed by atoms with E-state index >= 15 is 0 Å². The minimum absolute atomic E-state index is 0.0702. The summed E-state index contributed by atoms with van der Waals surface area (Å²) in [5.41, 5.74) is 2.68. The largest absolute Gasteiger partial charge is 0.508 e. The molecule has 2 aromatic carbocycles. The van der Waals surface area contributed by atoms with Crippen LogP contribution < -0.4 is 10.6 Å². The zero-order valence-corrected chi connectivity index (χ0v) is 13.3. The molecule has 4 rings (SSSR count). The van der Waals surface area contributed by atoms with Gasteiger partial charge in [0.1, 0.15) is 5.75 Å². The first kappa shape index (κ1) is 13.1. The smallest absolute Gasteiger partial charge is 0.194 e. The van der Waals surface area contributed by atoms with E-state index in [0.717, 1.165) is 5.56 Å². The number of carbonyl (C=O) groups excluding carboxylic acids is 1. The van der Waals surface area contributed by atoms with Gasteiger partial charge in [0.2, 0.25) is 0 Å². The molecule has 4 nitrogen and oxygen atoms in total. The summed E-state index contributed by atoms with van der Waals surface area (Å²) in [5.74, 6) is -0.243. The van der Waals surface area contributed by atoms with Crippen molar-refractivity contribution in [2.24, 2.45) is 0 Å². The monoisotopic (exact) mass is 344 g/mol. The fourth-order valence-corrected chi connectivity index (χ4v) is 3.52. The zero-order chi connectivity index (χ0) is 17.0. The first-order valence-corrected chi connectivity index (χ1v) is 7.71. The van der Waals surface area contributed by atoms with E-state index in [4.69, 9.17) is 25.2 Å². The molecule has 6 heteroatoms. The molecule has 23 heavy (non-hydrogen) atoms. The first-order valence-electron chi connectivity index (χ1n) is 7.42. The number of aromatic hydroxyl groups is 1. The van der Waals surface area contributed by atoms with Gasteiger partial charge in [-0.2, -0.15) is 0 Å². The summed E-state index contributed by atoms with van der Waals surface area (Å²) in [6.45, 7) is 0. The number of ketones is 1. The molecule has 0 saturated heterocycles. The van der Waals surface area contributed by atoms with Gasteiger partial charge < -0.3 is 15.7 Å². The molecule has 1 atom stereocenters. The van der Waals surface area contributed by atoms with Crippen LogP contribution in [0.5, 0.6) is 5.75 Å². The van der Waals surface area contributed by atoms with Gasteiger partial charge in [-0.25, -0.2) is 0 Å². The first-order chi connectivity index (χ1) is 11.5. The lowest BCUT2D eigenvalue weighted by Gasteiger charge is -2.29. The van der Waals surface area contributed by atoms with E-state index in [1.54, 1.807) is 12.1 Å². The second-order valence-corrected chi connectivity index (χ2v) is 6.07. The number of fused-ring (bicyclic) bond motifs is 2. The van der Waals surface area contributed by atoms with Gasteiger partial charge in [-0.3, -0.25) is 4.79 Å². The summed E-state index contributed by atoms with van der Waals surface area (Å²) in [6, 6.07) is 9.39. The summed E-state index contributed by atoms with van der Waals surface area (Å²) in [6.07, 6.45) is 0. The van der Waals surface area contributed by atoms with E-state index in [0.29, 0.717) is 21.9 Å². The number of hydrogen-bond donors (Lipinski definition) is 3. The highest BCUT2D eigenvalue weighted by Crippen LogP contribution is 2.43. The molecule has 1 heterocycles. The lowest BCUT2D eigenvalue weighted by molar-refractivity contribution is 0.103. The lowest BCUT2D eigenvalue weighted by atomic mass is 9.93. The van der Waals surface area contributed by atoms with Gasteiger partial charge in [0.15, 0.2) is 10.9 Å². The topological polar surface area (TPSA) is 61.4 Å². The van der Waals surface area contributed by atoms with Crippen molar-refractivity contribution in [2.45, 2.75) is 6.04 Å². The van der Waals surface area contributed by atoms with E-state index in [1.165, 1.54) is 12.1 Å². The number of carbonyl (C=O) groups is 1. The Labute approximate surface area is 144 Å². The van der Waals surface area contributed by atoms with Crippen molar-refractivity contribution in [3.63, 3.8) is 0 Å². The molecular weight excluding hydrogens is 332 g/mol. The second kappa shape index (κ2) is 5.08. The molecule has 0 spiro atoms. The number of Topliss-reactive ketones (excluding diaryl/α,β-unsaturated/α-hetero) is 1. The number of nitrogens with one attached hydrogen (secondary N) is 2. The Morgan fingerprint density at radius 2 is 1.96 bits per heavy atom. The Hall–Kier alpha value is -2.37. The minimum atomic E-state index is -0.716. The molecule has 0 bridgehead atoms.